The highest BCUT2D eigenvalue weighted by molar-refractivity contribution is 4.99. The van der Waals surface area contributed by atoms with Gasteiger partial charge in [-0.3, -0.25) is 0 Å². The SMILES string of the molecule is CCOC1(C(N)Cc2nnn(C)n2)CCCC1. The Balaban J connectivity index is 2.03. The van der Waals surface area contributed by atoms with E-state index in [1.165, 1.54) is 17.6 Å². The minimum absolute atomic E-state index is 0.0471. The predicted molar refractivity (Wildman–Crippen MR) is 63.3 cm³/mol. The molecule has 0 bridgehead atoms. The fourth-order valence-electron chi connectivity index (χ4n) is 2.67. The largest absolute Gasteiger partial charge is 0.374 e. The lowest BCUT2D eigenvalue weighted by molar-refractivity contribution is -0.0528. The number of aromatic nitrogens is 4. The van der Waals surface area contributed by atoms with Crippen molar-refractivity contribution in [2.45, 2.75) is 50.7 Å². The molecule has 1 atom stereocenters. The van der Waals surface area contributed by atoms with Gasteiger partial charge in [0, 0.05) is 19.1 Å². The normalized spacial score (nSPS) is 20.6. The second-order valence-corrected chi connectivity index (χ2v) is 4.71. The smallest absolute Gasteiger partial charge is 0.176 e. The summed E-state index contributed by atoms with van der Waals surface area (Å²) in [6.07, 6.45) is 5.11. The van der Waals surface area contributed by atoms with Gasteiger partial charge >= 0.3 is 0 Å². The van der Waals surface area contributed by atoms with Gasteiger partial charge in [0.15, 0.2) is 5.82 Å². The van der Waals surface area contributed by atoms with Crippen LogP contribution in [0.4, 0.5) is 0 Å². The fourth-order valence-corrected chi connectivity index (χ4v) is 2.67. The minimum atomic E-state index is -0.173. The van der Waals surface area contributed by atoms with Crippen LogP contribution >= 0.6 is 0 Å². The zero-order valence-corrected chi connectivity index (χ0v) is 10.6. The highest BCUT2D eigenvalue weighted by atomic mass is 16.5. The van der Waals surface area contributed by atoms with Gasteiger partial charge in [0.05, 0.1) is 12.6 Å². The highest BCUT2D eigenvalue weighted by Gasteiger charge is 2.40. The van der Waals surface area contributed by atoms with E-state index in [1.807, 2.05) is 6.92 Å². The summed E-state index contributed by atoms with van der Waals surface area (Å²) in [4.78, 5) is 1.46. The van der Waals surface area contributed by atoms with Crippen molar-refractivity contribution in [1.82, 2.24) is 20.2 Å². The van der Waals surface area contributed by atoms with Crippen LogP contribution < -0.4 is 5.73 Å². The molecule has 1 saturated carbocycles. The Morgan fingerprint density at radius 2 is 2.18 bits per heavy atom. The molecule has 0 aliphatic heterocycles. The Hall–Kier alpha value is -1.01. The van der Waals surface area contributed by atoms with Crippen molar-refractivity contribution in [1.29, 1.82) is 0 Å². The van der Waals surface area contributed by atoms with Crippen LogP contribution in [0.25, 0.3) is 0 Å². The van der Waals surface area contributed by atoms with Crippen LogP contribution in [0.5, 0.6) is 0 Å². The molecule has 1 aliphatic carbocycles. The predicted octanol–water partition coefficient (Wildman–Crippen LogP) is 0.429. The van der Waals surface area contributed by atoms with E-state index in [2.05, 4.69) is 15.4 Å². The van der Waals surface area contributed by atoms with E-state index in [4.69, 9.17) is 10.5 Å². The molecule has 0 radical (unpaired) electrons. The molecule has 0 aromatic carbocycles. The van der Waals surface area contributed by atoms with Crippen LogP contribution in [-0.4, -0.2) is 38.5 Å². The third-order valence-electron chi connectivity index (χ3n) is 3.51. The topological polar surface area (TPSA) is 78.9 Å². The minimum Gasteiger partial charge on any atom is -0.374 e. The van der Waals surface area contributed by atoms with E-state index in [-0.39, 0.29) is 11.6 Å². The number of nitrogens with two attached hydrogens (primary N) is 1. The fraction of sp³-hybridized carbons (Fsp3) is 0.909. The molecule has 1 heterocycles. The van der Waals surface area contributed by atoms with Gasteiger partial charge in [-0.2, -0.15) is 4.80 Å². The molecule has 1 aromatic heterocycles. The lowest BCUT2D eigenvalue weighted by Gasteiger charge is -2.34. The molecule has 6 heteroatoms. The van der Waals surface area contributed by atoms with Crippen molar-refractivity contribution in [3.05, 3.63) is 5.82 Å². The van der Waals surface area contributed by atoms with Gasteiger partial charge in [0.25, 0.3) is 0 Å². The van der Waals surface area contributed by atoms with Crippen LogP contribution in [0.15, 0.2) is 0 Å². The zero-order valence-electron chi connectivity index (χ0n) is 10.6. The average Bonchev–Trinajstić information content (AvgIpc) is 2.89. The highest BCUT2D eigenvalue weighted by Crippen LogP contribution is 2.36. The maximum absolute atomic E-state index is 6.30. The molecular weight excluding hydrogens is 218 g/mol. The molecule has 0 saturated heterocycles. The second-order valence-electron chi connectivity index (χ2n) is 4.71. The van der Waals surface area contributed by atoms with Crippen molar-refractivity contribution < 1.29 is 4.74 Å². The number of ether oxygens (including phenoxy) is 1. The van der Waals surface area contributed by atoms with Gasteiger partial charge in [-0.05, 0) is 25.0 Å². The summed E-state index contributed by atoms with van der Waals surface area (Å²) in [7, 11) is 1.76. The van der Waals surface area contributed by atoms with E-state index in [1.54, 1.807) is 7.05 Å². The van der Waals surface area contributed by atoms with Gasteiger partial charge in [0.2, 0.25) is 0 Å². The maximum atomic E-state index is 6.30. The van der Waals surface area contributed by atoms with Crippen molar-refractivity contribution in [3.63, 3.8) is 0 Å². The molecule has 2 rings (SSSR count). The summed E-state index contributed by atoms with van der Waals surface area (Å²) in [5.41, 5.74) is 6.13. The first-order chi connectivity index (χ1) is 8.16. The third-order valence-corrected chi connectivity index (χ3v) is 3.51. The Labute approximate surface area is 102 Å². The number of tetrazole rings is 1. The summed E-state index contributed by atoms with van der Waals surface area (Å²) >= 11 is 0. The summed E-state index contributed by atoms with van der Waals surface area (Å²) < 4.78 is 5.92. The van der Waals surface area contributed by atoms with Crippen molar-refractivity contribution in [3.8, 4) is 0 Å². The van der Waals surface area contributed by atoms with Gasteiger partial charge in [-0.25, -0.2) is 0 Å². The molecule has 0 spiro atoms. The van der Waals surface area contributed by atoms with Crippen molar-refractivity contribution in [2.24, 2.45) is 12.8 Å². The molecule has 17 heavy (non-hydrogen) atoms. The van der Waals surface area contributed by atoms with Crippen LogP contribution in [0.1, 0.15) is 38.4 Å². The van der Waals surface area contributed by atoms with Crippen LogP contribution in [0.3, 0.4) is 0 Å². The lowest BCUT2D eigenvalue weighted by Crippen LogP contribution is -2.49. The first-order valence-corrected chi connectivity index (χ1v) is 6.29. The second kappa shape index (κ2) is 5.10. The van der Waals surface area contributed by atoms with Crippen LogP contribution in [0.2, 0.25) is 0 Å². The van der Waals surface area contributed by atoms with Gasteiger partial charge in [0.1, 0.15) is 0 Å². The number of hydrogen-bond acceptors (Lipinski definition) is 5. The average molecular weight is 239 g/mol. The Kier molecular flexibility index (Phi) is 3.73. The first-order valence-electron chi connectivity index (χ1n) is 6.29. The van der Waals surface area contributed by atoms with Gasteiger partial charge < -0.3 is 10.5 Å². The monoisotopic (exact) mass is 239 g/mol. The van der Waals surface area contributed by atoms with Crippen LogP contribution in [0, 0.1) is 0 Å². The summed E-state index contributed by atoms with van der Waals surface area (Å²) in [5, 5.41) is 12.0. The van der Waals surface area contributed by atoms with Crippen LogP contribution in [-0.2, 0) is 18.2 Å². The zero-order chi connectivity index (χ0) is 12.3. The molecule has 1 aliphatic rings. The molecule has 1 aromatic rings. The molecule has 6 nitrogen and oxygen atoms in total. The molecular formula is C11H21N5O. The van der Waals surface area contributed by atoms with Gasteiger partial charge in [-0.1, -0.05) is 12.8 Å². The standard InChI is InChI=1S/C11H21N5O/c1-3-17-11(6-4-5-7-11)9(12)8-10-13-15-16(2)14-10/h9H,3-8,12H2,1-2H3. The third kappa shape index (κ3) is 2.63. The number of aryl methyl sites for hydroxylation is 1. The molecule has 96 valence electrons. The number of rotatable bonds is 5. The summed E-state index contributed by atoms with van der Waals surface area (Å²) in [6.45, 7) is 2.73. The summed E-state index contributed by atoms with van der Waals surface area (Å²) in [6, 6.07) is -0.0471. The Morgan fingerprint density at radius 3 is 2.71 bits per heavy atom. The Morgan fingerprint density at radius 1 is 1.47 bits per heavy atom. The van der Waals surface area contributed by atoms with E-state index < -0.39 is 0 Å². The van der Waals surface area contributed by atoms with Crippen molar-refractivity contribution >= 4 is 0 Å². The van der Waals surface area contributed by atoms with E-state index in [0.717, 1.165) is 12.8 Å². The maximum Gasteiger partial charge on any atom is 0.176 e. The quantitative estimate of drug-likeness (QED) is 0.806. The first kappa shape index (κ1) is 12.4. The number of nitrogens with zero attached hydrogens (tertiary/aromatic N) is 4. The Bertz CT molecular complexity index is 358. The lowest BCUT2D eigenvalue weighted by atomic mass is 9.90. The van der Waals surface area contributed by atoms with Gasteiger partial charge in [-0.15, -0.1) is 10.2 Å². The molecule has 2 N–H and O–H groups in total. The molecule has 1 fully saturated rings. The van der Waals surface area contributed by atoms with Crippen molar-refractivity contribution in [2.75, 3.05) is 6.61 Å². The number of hydrogen-bond donors (Lipinski definition) is 1. The van der Waals surface area contributed by atoms with E-state index in [0.29, 0.717) is 18.9 Å². The molecule has 1 unspecified atom stereocenters. The van der Waals surface area contributed by atoms with E-state index >= 15 is 0 Å². The molecule has 0 amide bonds. The van der Waals surface area contributed by atoms with E-state index in [9.17, 15) is 0 Å². The summed E-state index contributed by atoms with van der Waals surface area (Å²) in [5.74, 6) is 0.700.